The zero-order valence-corrected chi connectivity index (χ0v) is 12.4. The number of rotatable bonds is 5. The fourth-order valence-corrected chi connectivity index (χ4v) is 2.42. The highest BCUT2D eigenvalue weighted by molar-refractivity contribution is 7.11. The maximum absolute atomic E-state index is 6.11. The average Bonchev–Trinajstić information content (AvgIpc) is 2.70. The molecule has 2 rings (SSSR count). The number of nitrogens with zero attached hydrogens (tertiary/aromatic N) is 1. The molecule has 0 atom stereocenters. The van der Waals surface area contributed by atoms with Crippen molar-refractivity contribution >= 4 is 34.0 Å². The molecule has 1 heterocycles. The van der Waals surface area contributed by atoms with Crippen LogP contribution in [0.25, 0.3) is 0 Å². The Balaban J connectivity index is 2.10. The Hall–Kier alpha value is -1.46. The molecule has 19 heavy (non-hydrogen) atoms. The van der Waals surface area contributed by atoms with Crippen molar-refractivity contribution in [1.29, 1.82) is 0 Å². The summed E-state index contributed by atoms with van der Waals surface area (Å²) in [7, 11) is 0. The second kappa shape index (κ2) is 6.12. The summed E-state index contributed by atoms with van der Waals surface area (Å²) in [6.45, 7) is 4.51. The van der Waals surface area contributed by atoms with Gasteiger partial charge >= 0.3 is 0 Å². The Kier molecular flexibility index (Phi) is 4.50. The molecule has 6 heteroatoms. The Labute approximate surface area is 121 Å². The topological polar surface area (TPSA) is 60.2 Å². The molecule has 2 aromatic rings. The van der Waals surface area contributed by atoms with E-state index >= 15 is 0 Å². The number of nitrogens with two attached hydrogens (primary N) is 1. The number of hydrogen-bond donors (Lipinski definition) is 2. The van der Waals surface area contributed by atoms with E-state index in [1.807, 2.05) is 38.1 Å². The molecule has 4 nitrogen and oxygen atoms in total. The highest BCUT2D eigenvalue weighted by Gasteiger charge is 2.14. The van der Waals surface area contributed by atoms with Crippen molar-refractivity contribution in [2.45, 2.75) is 26.5 Å². The molecule has 0 saturated heterocycles. The van der Waals surface area contributed by atoms with Gasteiger partial charge in [0.25, 0.3) is 0 Å². The van der Waals surface area contributed by atoms with E-state index in [1.165, 1.54) is 11.5 Å². The van der Waals surface area contributed by atoms with Gasteiger partial charge in [0.15, 0.2) is 16.6 Å². The number of aromatic nitrogens is 1. The summed E-state index contributed by atoms with van der Waals surface area (Å²) in [6.07, 6.45) is 0.0552. The third-order valence-electron chi connectivity index (χ3n) is 2.42. The van der Waals surface area contributed by atoms with Crippen molar-refractivity contribution in [3.8, 4) is 5.75 Å². The van der Waals surface area contributed by atoms with E-state index in [9.17, 15) is 0 Å². The number of nitrogen functional groups attached to an aromatic ring is 1. The number of benzene rings is 1. The van der Waals surface area contributed by atoms with Crippen molar-refractivity contribution in [2.75, 3.05) is 11.1 Å². The quantitative estimate of drug-likeness (QED) is 0.882. The van der Waals surface area contributed by atoms with Gasteiger partial charge in [-0.3, -0.25) is 0 Å². The first-order valence-corrected chi connectivity index (χ1v) is 7.12. The molecule has 0 radical (unpaired) electrons. The number of hydrogen-bond acceptors (Lipinski definition) is 5. The second-order valence-electron chi connectivity index (χ2n) is 4.34. The SMILES string of the molecule is CC(C)Oc1c(N)nsc1NCc1ccccc1Cl. The summed E-state index contributed by atoms with van der Waals surface area (Å²) < 4.78 is 9.77. The van der Waals surface area contributed by atoms with Crippen LogP contribution in [0.3, 0.4) is 0 Å². The lowest BCUT2D eigenvalue weighted by Crippen LogP contribution is -2.08. The van der Waals surface area contributed by atoms with E-state index in [0.717, 1.165) is 15.6 Å². The molecule has 0 spiro atoms. The number of ether oxygens (including phenoxy) is 1. The predicted molar refractivity (Wildman–Crippen MR) is 81.1 cm³/mol. The van der Waals surface area contributed by atoms with Gasteiger partial charge in [0.2, 0.25) is 0 Å². The fraction of sp³-hybridized carbons (Fsp3) is 0.308. The molecule has 0 fully saturated rings. The first-order valence-electron chi connectivity index (χ1n) is 5.97. The molecule has 0 aliphatic rings. The van der Waals surface area contributed by atoms with Gasteiger partial charge in [0, 0.05) is 11.6 Å². The van der Waals surface area contributed by atoms with E-state index < -0.39 is 0 Å². The molecule has 0 unspecified atom stereocenters. The number of halogens is 1. The van der Waals surface area contributed by atoms with Crippen molar-refractivity contribution in [1.82, 2.24) is 4.37 Å². The summed E-state index contributed by atoms with van der Waals surface area (Å²) in [5.74, 6) is 1.03. The van der Waals surface area contributed by atoms with Gasteiger partial charge < -0.3 is 15.8 Å². The van der Waals surface area contributed by atoms with Crippen LogP contribution in [-0.2, 0) is 6.54 Å². The van der Waals surface area contributed by atoms with Crippen LogP contribution < -0.4 is 15.8 Å². The van der Waals surface area contributed by atoms with Crippen LogP contribution in [-0.4, -0.2) is 10.5 Å². The molecule has 0 amide bonds. The molecule has 1 aromatic heterocycles. The monoisotopic (exact) mass is 297 g/mol. The molecular formula is C13H16ClN3OS. The minimum absolute atomic E-state index is 0.0552. The lowest BCUT2D eigenvalue weighted by atomic mass is 10.2. The lowest BCUT2D eigenvalue weighted by Gasteiger charge is -2.12. The Morgan fingerprint density at radius 3 is 2.84 bits per heavy atom. The third kappa shape index (κ3) is 3.52. The first-order chi connectivity index (χ1) is 9.08. The van der Waals surface area contributed by atoms with Gasteiger partial charge in [-0.25, -0.2) is 0 Å². The number of nitrogens with one attached hydrogen (secondary N) is 1. The minimum Gasteiger partial charge on any atom is -0.484 e. The van der Waals surface area contributed by atoms with Gasteiger partial charge in [-0.15, -0.1) is 0 Å². The smallest absolute Gasteiger partial charge is 0.197 e. The van der Waals surface area contributed by atoms with Gasteiger partial charge in [-0.1, -0.05) is 29.8 Å². The zero-order chi connectivity index (χ0) is 13.8. The van der Waals surface area contributed by atoms with Crippen LogP contribution in [0, 0.1) is 0 Å². The van der Waals surface area contributed by atoms with E-state index in [-0.39, 0.29) is 6.10 Å². The van der Waals surface area contributed by atoms with Gasteiger partial charge in [0.05, 0.1) is 6.10 Å². The summed E-state index contributed by atoms with van der Waals surface area (Å²) >= 11 is 7.40. The van der Waals surface area contributed by atoms with Crippen LogP contribution in [0.5, 0.6) is 5.75 Å². The predicted octanol–water partition coefficient (Wildman–Crippen LogP) is 3.78. The van der Waals surface area contributed by atoms with E-state index in [0.29, 0.717) is 18.1 Å². The summed E-state index contributed by atoms with van der Waals surface area (Å²) in [5.41, 5.74) is 6.82. The second-order valence-corrected chi connectivity index (χ2v) is 5.52. The Morgan fingerprint density at radius 1 is 1.42 bits per heavy atom. The third-order valence-corrected chi connectivity index (χ3v) is 3.59. The van der Waals surface area contributed by atoms with Crippen LogP contribution >= 0.6 is 23.1 Å². The number of anilines is 2. The largest absolute Gasteiger partial charge is 0.484 e. The fourth-order valence-electron chi connectivity index (χ4n) is 1.57. The van der Waals surface area contributed by atoms with Crippen LogP contribution in [0.4, 0.5) is 10.8 Å². The molecule has 102 valence electrons. The standard InChI is InChI=1S/C13H16ClN3OS/c1-8(2)18-11-12(15)17-19-13(11)16-7-9-5-3-4-6-10(9)14/h3-6,8,16H,7H2,1-2H3,(H2,15,17). The molecule has 3 N–H and O–H groups in total. The highest BCUT2D eigenvalue weighted by Crippen LogP contribution is 2.36. The zero-order valence-electron chi connectivity index (χ0n) is 10.8. The summed E-state index contributed by atoms with van der Waals surface area (Å²) in [5, 5.41) is 4.82. The van der Waals surface area contributed by atoms with Crippen molar-refractivity contribution in [3.63, 3.8) is 0 Å². The Morgan fingerprint density at radius 2 is 2.16 bits per heavy atom. The first kappa shape index (κ1) is 14.0. The van der Waals surface area contributed by atoms with Crippen molar-refractivity contribution in [2.24, 2.45) is 0 Å². The van der Waals surface area contributed by atoms with Crippen LogP contribution in [0.1, 0.15) is 19.4 Å². The molecule has 0 aliphatic heterocycles. The van der Waals surface area contributed by atoms with Crippen molar-refractivity contribution < 1.29 is 4.74 Å². The van der Waals surface area contributed by atoms with Gasteiger partial charge in [-0.05, 0) is 37.0 Å². The van der Waals surface area contributed by atoms with Crippen LogP contribution in [0.2, 0.25) is 5.02 Å². The van der Waals surface area contributed by atoms with E-state index in [4.69, 9.17) is 22.1 Å². The molecular weight excluding hydrogens is 282 g/mol. The minimum atomic E-state index is 0.0552. The van der Waals surface area contributed by atoms with Gasteiger partial charge in [-0.2, -0.15) is 4.37 Å². The van der Waals surface area contributed by atoms with Gasteiger partial charge in [0.1, 0.15) is 0 Å². The van der Waals surface area contributed by atoms with E-state index in [2.05, 4.69) is 9.69 Å². The molecule has 0 saturated carbocycles. The maximum atomic E-state index is 6.11. The Bertz CT molecular complexity index is 557. The average molecular weight is 298 g/mol. The normalized spacial score (nSPS) is 10.7. The van der Waals surface area contributed by atoms with E-state index in [1.54, 1.807) is 0 Å². The summed E-state index contributed by atoms with van der Waals surface area (Å²) in [6, 6.07) is 7.70. The maximum Gasteiger partial charge on any atom is 0.197 e. The molecule has 0 bridgehead atoms. The highest BCUT2D eigenvalue weighted by atomic mass is 35.5. The van der Waals surface area contributed by atoms with Crippen LogP contribution in [0.15, 0.2) is 24.3 Å². The van der Waals surface area contributed by atoms with Crippen molar-refractivity contribution in [3.05, 3.63) is 34.9 Å². The molecule has 1 aromatic carbocycles. The molecule has 0 aliphatic carbocycles. The summed E-state index contributed by atoms with van der Waals surface area (Å²) in [4.78, 5) is 0. The lowest BCUT2D eigenvalue weighted by molar-refractivity contribution is 0.245.